The van der Waals surface area contributed by atoms with Crippen molar-refractivity contribution in [2.45, 2.75) is 12.8 Å². The summed E-state index contributed by atoms with van der Waals surface area (Å²) < 4.78 is 0. The Morgan fingerprint density at radius 1 is 1.16 bits per heavy atom. The first-order valence-electron chi connectivity index (χ1n) is 6.92. The van der Waals surface area contributed by atoms with Gasteiger partial charge < -0.3 is 14.7 Å². The van der Waals surface area contributed by atoms with Gasteiger partial charge in [0.25, 0.3) is 5.91 Å². The number of carbonyl (C=O) groups excluding carboxylic acids is 1. The molecule has 0 saturated carbocycles. The maximum Gasteiger partial charge on any atom is 0.273 e. The fourth-order valence-electron chi connectivity index (χ4n) is 2.59. The van der Waals surface area contributed by atoms with Gasteiger partial charge in [0.05, 0.1) is 0 Å². The summed E-state index contributed by atoms with van der Waals surface area (Å²) in [6.07, 6.45) is 2.25. The van der Waals surface area contributed by atoms with E-state index in [0.717, 1.165) is 57.2 Å². The molecule has 0 atom stereocenters. The van der Waals surface area contributed by atoms with Gasteiger partial charge in [0.1, 0.15) is 5.69 Å². The van der Waals surface area contributed by atoms with Crippen LogP contribution in [0.2, 0.25) is 0 Å². The van der Waals surface area contributed by atoms with E-state index >= 15 is 0 Å². The van der Waals surface area contributed by atoms with Crippen LogP contribution < -0.4 is 4.90 Å². The Morgan fingerprint density at radius 2 is 1.84 bits per heavy atom. The van der Waals surface area contributed by atoms with Crippen LogP contribution in [0.1, 0.15) is 23.3 Å². The Balaban J connectivity index is 1.67. The second-order valence-electron chi connectivity index (χ2n) is 5.30. The fraction of sp³-hybridized carbons (Fsp3) is 0.692. The van der Waals surface area contributed by atoms with E-state index in [9.17, 15) is 4.79 Å². The zero-order chi connectivity index (χ0) is 13.2. The van der Waals surface area contributed by atoms with Gasteiger partial charge in [-0.15, -0.1) is 11.3 Å². The number of hydrogen-bond acceptors (Lipinski definition) is 5. The third-order valence-corrected chi connectivity index (χ3v) is 4.78. The van der Waals surface area contributed by atoms with Crippen LogP contribution in [0.3, 0.4) is 0 Å². The molecule has 2 aliphatic heterocycles. The van der Waals surface area contributed by atoms with E-state index in [-0.39, 0.29) is 5.91 Å². The molecule has 5 nitrogen and oxygen atoms in total. The predicted octanol–water partition coefficient (Wildman–Crippen LogP) is 1.13. The van der Waals surface area contributed by atoms with Crippen LogP contribution in [0, 0.1) is 0 Å². The minimum Gasteiger partial charge on any atom is -0.346 e. The molecule has 0 N–H and O–H groups in total. The molecule has 0 bridgehead atoms. The number of rotatable bonds is 2. The highest BCUT2D eigenvalue weighted by atomic mass is 32.1. The van der Waals surface area contributed by atoms with Crippen LogP contribution in [0.5, 0.6) is 0 Å². The molecular weight excluding hydrogens is 260 g/mol. The molecule has 0 unspecified atom stereocenters. The molecule has 2 fully saturated rings. The van der Waals surface area contributed by atoms with Crippen molar-refractivity contribution >= 4 is 22.4 Å². The quantitative estimate of drug-likeness (QED) is 0.814. The van der Waals surface area contributed by atoms with Crippen molar-refractivity contribution in [3.63, 3.8) is 0 Å². The molecule has 19 heavy (non-hydrogen) atoms. The van der Waals surface area contributed by atoms with Crippen LogP contribution >= 0.6 is 11.3 Å². The van der Waals surface area contributed by atoms with Crippen molar-refractivity contribution in [2.24, 2.45) is 0 Å². The second-order valence-corrected chi connectivity index (χ2v) is 6.14. The number of anilines is 1. The number of piperazine rings is 1. The summed E-state index contributed by atoms with van der Waals surface area (Å²) in [7, 11) is 2.14. The summed E-state index contributed by atoms with van der Waals surface area (Å²) in [6.45, 7) is 5.91. The van der Waals surface area contributed by atoms with Crippen LogP contribution in [0.25, 0.3) is 0 Å². The average Bonchev–Trinajstić information content (AvgIpc) is 3.10. The van der Waals surface area contributed by atoms with Crippen LogP contribution in [-0.2, 0) is 0 Å². The zero-order valence-corrected chi connectivity index (χ0v) is 12.2. The lowest BCUT2D eigenvalue weighted by atomic mass is 10.3. The summed E-state index contributed by atoms with van der Waals surface area (Å²) in [5, 5.41) is 2.91. The van der Waals surface area contributed by atoms with E-state index in [1.807, 2.05) is 10.3 Å². The Bertz CT molecular complexity index is 447. The van der Waals surface area contributed by atoms with Gasteiger partial charge in [-0.3, -0.25) is 4.79 Å². The van der Waals surface area contributed by atoms with Crippen molar-refractivity contribution in [2.75, 3.05) is 51.2 Å². The van der Waals surface area contributed by atoms with Crippen molar-refractivity contribution in [3.8, 4) is 0 Å². The van der Waals surface area contributed by atoms with E-state index in [4.69, 9.17) is 0 Å². The SMILES string of the molecule is CN1CCN(c2nc(C(=O)N3CCCC3)cs2)CC1. The number of carbonyl (C=O) groups is 1. The Labute approximate surface area is 117 Å². The Morgan fingerprint density at radius 3 is 2.53 bits per heavy atom. The predicted molar refractivity (Wildman–Crippen MR) is 77.0 cm³/mol. The number of likely N-dealkylation sites (tertiary alicyclic amines) is 1. The first kappa shape index (κ1) is 12.9. The lowest BCUT2D eigenvalue weighted by Crippen LogP contribution is -2.44. The topological polar surface area (TPSA) is 39.7 Å². The molecule has 6 heteroatoms. The van der Waals surface area contributed by atoms with E-state index in [1.165, 1.54) is 0 Å². The van der Waals surface area contributed by atoms with Crippen LogP contribution in [0.15, 0.2) is 5.38 Å². The number of nitrogens with zero attached hydrogens (tertiary/aromatic N) is 4. The number of thiazole rings is 1. The second kappa shape index (κ2) is 5.46. The molecule has 1 amide bonds. The highest BCUT2D eigenvalue weighted by Gasteiger charge is 2.23. The molecule has 0 aromatic carbocycles. The third kappa shape index (κ3) is 2.74. The summed E-state index contributed by atoms with van der Waals surface area (Å²) in [6, 6.07) is 0. The Hall–Kier alpha value is -1.14. The molecule has 0 spiro atoms. The molecule has 3 heterocycles. The Kier molecular flexibility index (Phi) is 3.70. The fourth-order valence-corrected chi connectivity index (χ4v) is 3.44. The van der Waals surface area contributed by atoms with Crippen molar-refractivity contribution in [1.82, 2.24) is 14.8 Å². The summed E-state index contributed by atoms with van der Waals surface area (Å²) >= 11 is 1.59. The number of aromatic nitrogens is 1. The molecule has 0 radical (unpaired) electrons. The van der Waals surface area contributed by atoms with E-state index < -0.39 is 0 Å². The first-order chi connectivity index (χ1) is 9.24. The molecular formula is C13H20N4OS. The number of likely N-dealkylation sites (N-methyl/N-ethyl adjacent to an activating group) is 1. The lowest BCUT2D eigenvalue weighted by Gasteiger charge is -2.32. The maximum atomic E-state index is 12.2. The number of amides is 1. The zero-order valence-electron chi connectivity index (χ0n) is 11.3. The van der Waals surface area contributed by atoms with Crippen LogP contribution in [-0.4, -0.2) is 67.0 Å². The minimum absolute atomic E-state index is 0.106. The summed E-state index contributed by atoms with van der Waals surface area (Å²) in [4.78, 5) is 23.3. The molecule has 2 aliphatic rings. The first-order valence-corrected chi connectivity index (χ1v) is 7.80. The van der Waals surface area contributed by atoms with Gasteiger partial charge >= 0.3 is 0 Å². The molecule has 2 saturated heterocycles. The van der Waals surface area contributed by atoms with Crippen molar-refractivity contribution in [1.29, 1.82) is 0 Å². The van der Waals surface area contributed by atoms with Gasteiger partial charge in [-0.25, -0.2) is 4.98 Å². The van der Waals surface area contributed by atoms with E-state index in [2.05, 4.69) is 21.8 Å². The average molecular weight is 280 g/mol. The van der Waals surface area contributed by atoms with Gasteiger partial charge in [-0.1, -0.05) is 0 Å². The van der Waals surface area contributed by atoms with Crippen molar-refractivity contribution in [3.05, 3.63) is 11.1 Å². The lowest BCUT2D eigenvalue weighted by molar-refractivity contribution is 0.0788. The van der Waals surface area contributed by atoms with Crippen molar-refractivity contribution < 1.29 is 4.79 Å². The molecule has 1 aromatic rings. The van der Waals surface area contributed by atoms with E-state index in [1.54, 1.807) is 11.3 Å². The smallest absolute Gasteiger partial charge is 0.273 e. The molecule has 0 aliphatic carbocycles. The van der Waals surface area contributed by atoms with Gasteiger partial charge in [0, 0.05) is 44.6 Å². The number of hydrogen-bond donors (Lipinski definition) is 0. The van der Waals surface area contributed by atoms with Gasteiger partial charge in [0.15, 0.2) is 5.13 Å². The normalized spacial score (nSPS) is 21.1. The van der Waals surface area contributed by atoms with Gasteiger partial charge in [-0.05, 0) is 19.9 Å². The van der Waals surface area contributed by atoms with Crippen LogP contribution in [0.4, 0.5) is 5.13 Å². The standard InChI is InChI=1S/C13H20N4OS/c1-15-6-8-17(9-7-15)13-14-11(10-19-13)12(18)16-4-2-3-5-16/h10H,2-9H2,1H3. The molecule has 1 aromatic heterocycles. The molecule has 3 rings (SSSR count). The minimum atomic E-state index is 0.106. The highest BCUT2D eigenvalue weighted by molar-refractivity contribution is 7.13. The summed E-state index contributed by atoms with van der Waals surface area (Å²) in [5.74, 6) is 0.106. The largest absolute Gasteiger partial charge is 0.346 e. The summed E-state index contributed by atoms with van der Waals surface area (Å²) in [5.41, 5.74) is 0.626. The van der Waals surface area contributed by atoms with Gasteiger partial charge in [0.2, 0.25) is 0 Å². The maximum absolute atomic E-state index is 12.2. The third-order valence-electron chi connectivity index (χ3n) is 3.88. The van der Waals surface area contributed by atoms with Gasteiger partial charge in [-0.2, -0.15) is 0 Å². The monoisotopic (exact) mass is 280 g/mol. The van der Waals surface area contributed by atoms with E-state index in [0.29, 0.717) is 5.69 Å². The highest BCUT2D eigenvalue weighted by Crippen LogP contribution is 2.23. The molecule has 104 valence electrons.